The predicted molar refractivity (Wildman–Crippen MR) is 72.2 cm³/mol. The molecule has 2 saturated heterocycles. The zero-order chi connectivity index (χ0) is 12.4. The van der Waals surface area contributed by atoms with Crippen molar-refractivity contribution in [2.45, 2.75) is 25.4 Å². The number of likely N-dealkylation sites (tertiary alicyclic amines) is 1. The molecule has 0 aromatic heterocycles. The van der Waals surface area contributed by atoms with Crippen molar-refractivity contribution in [3.05, 3.63) is 35.9 Å². The van der Waals surface area contributed by atoms with Gasteiger partial charge in [0.1, 0.15) is 0 Å². The zero-order valence-corrected chi connectivity index (χ0v) is 10.8. The summed E-state index contributed by atoms with van der Waals surface area (Å²) in [6.45, 7) is 4.94. The molecule has 2 N–H and O–H groups in total. The Hall–Kier alpha value is -0.900. The van der Waals surface area contributed by atoms with Gasteiger partial charge < -0.3 is 10.5 Å². The van der Waals surface area contributed by atoms with Crippen molar-refractivity contribution in [3.8, 4) is 0 Å². The van der Waals surface area contributed by atoms with Gasteiger partial charge in [-0.25, -0.2) is 0 Å². The third-order valence-corrected chi connectivity index (χ3v) is 4.52. The van der Waals surface area contributed by atoms with Crippen LogP contribution in [0.3, 0.4) is 0 Å². The number of benzene rings is 1. The minimum absolute atomic E-state index is 0.310. The Balaban J connectivity index is 1.66. The SMILES string of the molecule is NC1CN(Cc2ccccc2)CC12CCOCC2. The van der Waals surface area contributed by atoms with Gasteiger partial charge in [-0.2, -0.15) is 0 Å². The highest BCUT2D eigenvalue weighted by molar-refractivity contribution is 5.15. The monoisotopic (exact) mass is 246 g/mol. The van der Waals surface area contributed by atoms with Crippen LogP contribution in [0, 0.1) is 5.41 Å². The first-order valence-corrected chi connectivity index (χ1v) is 6.88. The van der Waals surface area contributed by atoms with Crippen LogP contribution in [-0.2, 0) is 11.3 Å². The summed E-state index contributed by atoms with van der Waals surface area (Å²) in [7, 11) is 0. The van der Waals surface area contributed by atoms with Crippen LogP contribution in [-0.4, -0.2) is 37.2 Å². The van der Waals surface area contributed by atoms with Gasteiger partial charge in [0.05, 0.1) is 0 Å². The second kappa shape index (κ2) is 5.00. The predicted octanol–water partition coefficient (Wildman–Crippen LogP) is 1.63. The van der Waals surface area contributed by atoms with E-state index in [2.05, 4.69) is 35.2 Å². The third kappa shape index (κ3) is 2.30. The highest BCUT2D eigenvalue weighted by Crippen LogP contribution is 2.39. The van der Waals surface area contributed by atoms with Gasteiger partial charge in [0, 0.05) is 44.3 Å². The molecule has 0 saturated carbocycles. The minimum Gasteiger partial charge on any atom is -0.381 e. The van der Waals surface area contributed by atoms with Crippen LogP contribution in [0.25, 0.3) is 0 Å². The molecule has 18 heavy (non-hydrogen) atoms. The molecular formula is C15H22N2O. The highest BCUT2D eigenvalue weighted by atomic mass is 16.5. The van der Waals surface area contributed by atoms with Crippen LogP contribution in [0.1, 0.15) is 18.4 Å². The van der Waals surface area contributed by atoms with Gasteiger partial charge in [0.2, 0.25) is 0 Å². The van der Waals surface area contributed by atoms with E-state index < -0.39 is 0 Å². The Bertz CT molecular complexity index is 387. The molecule has 1 spiro atoms. The van der Waals surface area contributed by atoms with E-state index in [9.17, 15) is 0 Å². The zero-order valence-electron chi connectivity index (χ0n) is 10.8. The lowest BCUT2D eigenvalue weighted by molar-refractivity contribution is 0.0129. The van der Waals surface area contributed by atoms with Gasteiger partial charge in [-0.3, -0.25) is 4.90 Å². The molecule has 3 rings (SSSR count). The van der Waals surface area contributed by atoms with Crippen LogP contribution in [0.2, 0.25) is 0 Å². The van der Waals surface area contributed by atoms with Gasteiger partial charge >= 0.3 is 0 Å². The van der Waals surface area contributed by atoms with Crippen LogP contribution >= 0.6 is 0 Å². The van der Waals surface area contributed by atoms with Crippen molar-refractivity contribution in [2.24, 2.45) is 11.1 Å². The Kier molecular flexibility index (Phi) is 3.37. The Labute approximate surface area is 109 Å². The Morgan fingerprint density at radius 2 is 1.94 bits per heavy atom. The molecule has 1 unspecified atom stereocenters. The molecule has 1 aromatic rings. The summed E-state index contributed by atoms with van der Waals surface area (Å²) in [5.74, 6) is 0. The molecule has 1 atom stereocenters. The smallest absolute Gasteiger partial charge is 0.0472 e. The normalized spacial score (nSPS) is 27.7. The number of rotatable bonds is 2. The van der Waals surface area contributed by atoms with E-state index in [-0.39, 0.29) is 0 Å². The summed E-state index contributed by atoms with van der Waals surface area (Å²) in [5.41, 5.74) is 8.09. The molecule has 2 heterocycles. The van der Waals surface area contributed by atoms with E-state index in [0.717, 1.165) is 45.7 Å². The number of nitrogens with two attached hydrogens (primary N) is 1. The molecule has 0 amide bonds. The van der Waals surface area contributed by atoms with E-state index >= 15 is 0 Å². The first-order chi connectivity index (χ1) is 8.78. The molecule has 3 nitrogen and oxygen atoms in total. The maximum atomic E-state index is 6.39. The maximum absolute atomic E-state index is 6.39. The maximum Gasteiger partial charge on any atom is 0.0472 e. The standard InChI is InChI=1S/C15H22N2O/c16-14-11-17(10-13-4-2-1-3-5-13)12-15(14)6-8-18-9-7-15/h1-5,14H,6-12,16H2. The van der Waals surface area contributed by atoms with Crippen molar-refractivity contribution in [2.75, 3.05) is 26.3 Å². The number of hydrogen-bond acceptors (Lipinski definition) is 3. The lowest BCUT2D eigenvalue weighted by atomic mass is 9.76. The molecule has 2 fully saturated rings. The van der Waals surface area contributed by atoms with Gasteiger partial charge in [-0.1, -0.05) is 30.3 Å². The van der Waals surface area contributed by atoms with Crippen molar-refractivity contribution in [3.63, 3.8) is 0 Å². The molecule has 0 aliphatic carbocycles. The summed E-state index contributed by atoms with van der Waals surface area (Å²) >= 11 is 0. The highest BCUT2D eigenvalue weighted by Gasteiger charge is 2.45. The van der Waals surface area contributed by atoms with Crippen LogP contribution in [0.5, 0.6) is 0 Å². The molecule has 98 valence electrons. The van der Waals surface area contributed by atoms with E-state index in [1.807, 2.05) is 0 Å². The summed E-state index contributed by atoms with van der Waals surface area (Å²) in [6.07, 6.45) is 2.25. The lowest BCUT2D eigenvalue weighted by Gasteiger charge is -2.36. The van der Waals surface area contributed by atoms with Crippen molar-refractivity contribution >= 4 is 0 Å². The molecule has 0 radical (unpaired) electrons. The Morgan fingerprint density at radius 1 is 1.22 bits per heavy atom. The number of nitrogens with zero attached hydrogens (tertiary/aromatic N) is 1. The van der Waals surface area contributed by atoms with Crippen LogP contribution in [0.15, 0.2) is 30.3 Å². The third-order valence-electron chi connectivity index (χ3n) is 4.52. The summed E-state index contributed by atoms with van der Waals surface area (Å²) < 4.78 is 5.48. The molecular weight excluding hydrogens is 224 g/mol. The fraction of sp³-hybridized carbons (Fsp3) is 0.600. The van der Waals surface area contributed by atoms with Crippen LogP contribution < -0.4 is 5.73 Å². The topological polar surface area (TPSA) is 38.5 Å². The first kappa shape index (κ1) is 12.2. The fourth-order valence-corrected chi connectivity index (χ4v) is 3.37. The lowest BCUT2D eigenvalue weighted by Crippen LogP contribution is -2.44. The van der Waals surface area contributed by atoms with Gasteiger partial charge in [-0.05, 0) is 18.4 Å². The average Bonchev–Trinajstić information content (AvgIpc) is 2.68. The summed E-state index contributed by atoms with van der Waals surface area (Å²) in [5, 5.41) is 0. The van der Waals surface area contributed by atoms with Gasteiger partial charge in [0.15, 0.2) is 0 Å². The fourth-order valence-electron chi connectivity index (χ4n) is 3.37. The largest absolute Gasteiger partial charge is 0.381 e. The van der Waals surface area contributed by atoms with Crippen LogP contribution in [0.4, 0.5) is 0 Å². The Morgan fingerprint density at radius 3 is 2.67 bits per heavy atom. The first-order valence-electron chi connectivity index (χ1n) is 6.88. The van der Waals surface area contributed by atoms with Crippen molar-refractivity contribution in [1.29, 1.82) is 0 Å². The van der Waals surface area contributed by atoms with E-state index in [1.165, 1.54) is 5.56 Å². The van der Waals surface area contributed by atoms with E-state index in [4.69, 9.17) is 10.5 Å². The molecule has 3 heteroatoms. The van der Waals surface area contributed by atoms with E-state index in [1.54, 1.807) is 0 Å². The van der Waals surface area contributed by atoms with Gasteiger partial charge in [0.25, 0.3) is 0 Å². The summed E-state index contributed by atoms with van der Waals surface area (Å²) in [4.78, 5) is 2.51. The van der Waals surface area contributed by atoms with E-state index in [0.29, 0.717) is 11.5 Å². The summed E-state index contributed by atoms with van der Waals surface area (Å²) in [6, 6.07) is 11.0. The number of hydrogen-bond donors (Lipinski definition) is 1. The second-order valence-electron chi connectivity index (χ2n) is 5.74. The number of ether oxygens (including phenoxy) is 1. The molecule has 1 aromatic carbocycles. The molecule has 2 aliphatic heterocycles. The quantitative estimate of drug-likeness (QED) is 0.862. The average molecular weight is 246 g/mol. The van der Waals surface area contributed by atoms with Crippen molar-refractivity contribution < 1.29 is 4.74 Å². The molecule has 2 aliphatic rings. The van der Waals surface area contributed by atoms with Gasteiger partial charge in [-0.15, -0.1) is 0 Å². The van der Waals surface area contributed by atoms with Crippen molar-refractivity contribution in [1.82, 2.24) is 4.90 Å². The molecule has 0 bridgehead atoms. The second-order valence-corrected chi connectivity index (χ2v) is 5.74. The minimum atomic E-state index is 0.310.